The van der Waals surface area contributed by atoms with Gasteiger partial charge in [0.05, 0.1) is 12.8 Å². The third kappa shape index (κ3) is 4.59. The van der Waals surface area contributed by atoms with E-state index >= 15 is 0 Å². The van der Waals surface area contributed by atoms with E-state index in [1.54, 1.807) is 55.6 Å². The van der Waals surface area contributed by atoms with E-state index in [4.69, 9.17) is 4.74 Å². The van der Waals surface area contributed by atoms with Crippen LogP contribution < -0.4 is 10.1 Å². The summed E-state index contributed by atoms with van der Waals surface area (Å²) < 4.78 is 47.7. The molecule has 0 saturated carbocycles. The second-order valence-electron chi connectivity index (χ2n) is 6.86. The number of alkyl halides is 3. The molecular weight excluding hydrogens is 489 g/mol. The number of ether oxygens (including phenoxy) is 1. The molecule has 0 unspecified atom stereocenters. The highest BCUT2D eigenvalue weighted by Crippen LogP contribution is 2.32. The van der Waals surface area contributed by atoms with E-state index in [9.17, 15) is 18.0 Å². The number of halogens is 4. The van der Waals surface area contributed by atoms with Crippen molar-refractivity contribution in [2.45, 2.75) is 12.7 Å². The van der Waals surface area contributed by atoms with Gasteiger partial charge in [0.25, 0.3) is 5.91 Å². The van der Waals surface area contributed by atoms with Crippen LogP contribution in [0.5, 0.6) is 5.75 Å². The summed E-state index contributed by atoms with van der Waals surface area (Å²) in [5.74, 6) is 0.0670. The Labute approximate surface area is 189 Å². The molecule has 0 radical (unpaired) electrons. The lowest BCUT2D eigenvalue weighted by molar-refractivity contribution is -0.142. The molecule has 0 aliphatic carbocycles. The maximum Gasteiger partial charge on any atom is 0.433 e. The maximum absolute atomic E-state index is 13.7. The molecule has 0 saturated heterocycles. The second-order valence-corrected chi connectivity index (χ2v) is 7.78. The monoisotopic (exact) mass is 504 g/mol. The van der Waals surface area contributed by atoms with Gasteiger partial charge in [-0.3, -0.25) is 4.79 Å². The van der Waals surface area contributed by atoms with Gasteiger partial charge in [0.2, 0.25) is 0 Å². The van der Waals surface area contributed by atoms with Crippen LogP contribution in [0.15, 0.2) is 65.1 Å². The highest BCUT2D eigenvalue weighted by Gasteiger charge is 2.35. The first-order valence-corrected chi connectivity index (χ1v) is 10.2. The van der Waals surface area contributed by atoms with Gasteiger partial charge in [-0.15, -0.1) is 0 Å². The van der Waals surface area contributed by atoms with E-state index in [2.05, 4.69) is 31.3 Å². The molecule has 2 aromatic heterocycles. The van der Waals surface area contributed by atoms with Crippen molar-refractivity contribution in [3.05, 3.63) is 82.1 Å². The van der Waals surface area contributed by atoms with Crippen molar-refractivity contribution in [2.75, 3.05) is 7.11 Å². The van der Waals surface area contributed by atoms with Crippen LogP contribution in [-0.2, 0) is 12.7 Å². The molecule has 4 aromatic rings. The van der Waals surface area contributed by atoms with Gasteiger partial charge in [0.15, 0.2) is 17.0 Å². The molecule has 32 heavy (non-hydrogen) atoms. The SMILES string of the molecule is COc1ccc(CNC(=O)c2cc3nc(-c4ccc(Br)cc4)cc(C(F)(F)F)n3n2)cc1. The van der Waals surface area contributed by atoms with Crippen LogP contribution in [0.25, 0.3) is 16.9 Å². The highest BCUT2D eigenvalue weighted by atomic mass is 79.9. The molecule has 6 nitrogen and oxygen atoms in total. The van der Waals surface area contributed by atoms with Crippen molar-refractivity contribution < 1.29 is 22.7 Å². The summed E-state index contributed by atoms with van der Waals surface area (Å²) in [6.07, 6.45) is -4.69. The fraction of sp³-hybridized carbons (Fsp3) is 0.136. The standard InChI is InChI=1S/C22H16BrF3N4O2/c1-32-16-8-2-13(3-9-16)12-27-21(31)18-11-20-28-17(14-4-6-15(23)7-5-14)10-19(22(24,25)26)30(20)29-18/h2-11H,12H2,1H3,(H,27,31). The number of carbonyl (C=O) groups is 1. The summed E-state index contributed by atoms with van der Waals surface area (Å²) in [6, 6.07) is 15.9. The van der Waals surface area contributed by atoms with Crippen LogP contribution in [0.4, 0.5) is 13.2 Å². The van der Waals surface area contributed by atoms with Crippen molar-refractivity contribution in [1.82, 2.24) is 19.9 Å². The Morgan fingerprint density at radius 2 is 1.78 bits per heavy atom. The lowest BCUT2D eigenvalue weighted by atomic mass is 10.1. The Hall–Kier alpha value is -3.40. The molecule has 4 rings (SSSR count). The zero-order chi connectivity index (χ0) is 22.9. The van der Waals surface area contributed by atoms with Crippen molar-refractivity contribution in [3.63, 3.8) is 0 Å². The first-order chi connectivity index (χ1) is 15.2. The van der Waals surface area contributed by atoms with Crippen LogP contribution in [0.2, 0.25) is 0 Å². The van der Waals surface area contributed by atoms with Crippen molar-refractivity contribution in [1.29, 1.82) is 0 Å². The van der Waals surface area contributed by atoms with E-state index < -0.39 is 17.8 Å². The lowest BCUT2D eigenvalue weighted by Gasteiger charge is -2.11. The number of hydrogen-bond donors (Lipinski definition) is 1. The molecule has 10 heteroatoms. The number of carbonyl (C=O) groups excluding carboxylic acids is 1. The Balaban J connectivity index is 1.65. The van der Waals surface area contributed by atoms with Crippen LogP contribution in [0, 0.1) is 0 Å². The Morgan fingerprint density at radius 1 is 1.09 bits per heavy atom. The normalized spacial score (nSPS) is 11.5. The quantitative estimate of drug-likeness (QED) is 0.409. The Bertz CT molecular complexity index is 1270. The molecule has 0 fully saturated rings. The molecule has 2 aromatic carbocycles. The Morgan fingerprint density at radius 3 is 2.41 bits per heavy atom. The number of benzene rings is 2. The summed E-state index contributed by atoms with van der Waals surface area (Å²) in [5, 5.41) is 6.52. The minimum absolute atomic E-state index is 0.0765. The minimum atomic E-state index is -4.69. The van der Waals surface area contributed by atoms with E-state index in [1.165, 1.54) is 6.07 Å². The van der Waals surface area contributed by atoms with Crippen molar-refractivity contribution in [3.8, 4) is 17.0 Å². The number of nitrogens with one attached hydrogen (secondary N) is 1. The summed E-state index contributed by atoms with van der Waals surface area (Å²) >= 11 is 3.30. The van der Waals surface area contributed by atoms with E-state index in [-0.39, 0.29) is 23.6 Å². The van der Waals surface area contributed by atoms with Gasteiger partial charge in [-0.2, -0.15) is 18.3 Å². The number of methoxy groups -OCH3 is 1. The molecule has 1 amide bonds. The summed E-state index contributed by atoms with van der Waals surface area (Å²) in [6.45, 7) is 0.181. The number of hydrogen-bond acceptors (Lipinski definition) is 4. The topological polar surface area (TPSA) is 68.5 Å². The number of amides is 1. The second kappa shape index (κ2) is 8.62. The largest absolute Gasteiger partial charge is 0.497 e. The fourth-order valence-electron chi connectivity index (χ4n) is 3.07. The van der Waals surface area contributed by atoms with E-state index in [0.717, 1.165) is 16.1 Å². The third-order valence-corrected chi connectivity index (χ3v) is 5.23. The molecule has 0 aliphatic rings. The average Bonchev–Trinajstić information content (AvgIpc) is 3.21. The summed E-state index contributed by atoms with van der Waals surface area (Å²) in [5.41, 5.74) is 0.177. The number of nitrogens with zero attached hydrogens (tertiary/aromatic N) is 3. The Kier molecular flexibility index (Phi) is 5.88. The molecule has 0 bridgehead atoms. The smallest absolute Gasteiger partial charge is 0.433 e. The van der Waals surface area contributed by atoms with E-state index in [1.807, 2.05) is 0 Å². The van der Waals surface area contributed by atoms with Gasteiger partial charge >= 0.3 is 6.18 Å². The van der Waals surface area contributed by atoms with Crippen molar-refractivity contribution in [2.24, 2.45) is 0 Å². The van der Waals surface area contributed by atoms with Gasteiger partial charge in [-0.1, -0.05) is 40.2 Å². The number of aromatic nitrogens is 3. The maximum atomic E-state index is 13.7. The number of fused-ring (bicyclic) bond motifs is 1. The average molecular weight is 505 g/mol. The molecular formula is C22H16BrF3N4O2. The van der Waals surface area contributed by atoms with Gasteiger partial charge in [0.1, 0.15) is 5.75 Å². The molecule has 0 atom stereocenters. The van der Waals surface area contributed by atoms with Crippen LogP contribution in [0.1, 0.15) is 21.7 Å². The fourth-order valence-corrected chi connectivity index (χ4v) is 3.34. The van der Waals surface area contributed by atoms with Crippen LogP contribution >= 0.6 is 15.9 Å². The van der Waals surface area contributed by atoms with Crippen LogP contribution in [-0.4, -0.2) is 27.6 Å². The lowest BCUT2D eigenvalue weighted by Crippen LogP contribution is -2.23. The summed E-state index contributed by atoms with van der Waals surface area (Å²) in [7, 11) is 1.55. The predicted molar refractivity (Wildman–Crippen MR) is 115 cm³/mol. The highest BCUT2D eigenvalue weighted by molar-refractivity contribution is 9.10. The first-order valence-electron chi connectivity index (χ1n) is 9.40. The third-order valence-electron chi connectivity index (χ3n) is 4.70. The zero-order valence-electron chi connectivity index (χ0n) is 16.7. The van der Waals surface area contributed by atoms with Gasteiger partial charge in [0, 0.05) is 22.6 Å². The molecule has 0 spiro atoms. The van der Waals surface area contributed by atoms with Crippen molar-refractivity contribution >= 4 is 27.5 Å². The zero-order valence-corrected chi connectivity index (χ0v) is 18.2. The first kappa shape index (κ1) is 21.8. The van der Waals surface area contributed by atoms with E-state index in [0.29, 0.717) is 15.8 Å². The predicted octanol–water partition coefficient (Wildman–Crippen LogP) is 5.12. The molecule has 0 aliphatic heterocycles. The van der Waals surface area contributed by atoms with Gasteiger partial charge in [-0.05, 0) is 35.9 Å². The minimum Gasteiger partial charge on any atom is -0.497 e. The number of rotatable bonds is 5. The van der Waals surface area contributed by atoms with Gasteiger partial charge < -0.3 is 10.1 Å². The molecule has 164 valence electrons. The molecule has 1 N–H and O–H groups in total. The molecule has 2 heterocycles. The van der Waals surface area contributed by atoms with Gasteiger partial charge in [-0.25, -0.2) is 9.50 Å². The summed E-state index contributed by atoms with van der Waals surface area (Å²) in [4.78, 5) is 16.8. The van der Waals surface area contributed by atoms with Crippen LogP contribution in [0.3, 0.4) is 0 Å².